The zero-order valence-electron chi connectivity index (χ0n) is 15.8. The molecule has 2 saturated heterocycles. The highest BCUT2D eigenvalue weighted by molar-refractivity contribution is 5.76. The number of nitrogens with zero attached hydrogens (tertiary/aromatic N) is 1. The number of carboxylic acids is 1. The van der Waals surface area contributed by atoms with E-state index < -0.39 is 34.6 Å². The van der Waals surface area contributed by atoms with Gasteiger partial charge in [-0.1, -0.05) is 30.3 Å². The summed E-state index contributed by atoms with van der Waals surface area (Å²) in [5.41, 5.74) is -0.807. The number of carboxylic acid groups (broad SMARTS) is 1. The molecule has 2 aliphatic rings. The van der Waals surface area contributed by atoms with Crippen molar-refractivity contribution in [2.75, 3.05) is 13.1 Å². The van der Waals surface area contributed by atoms with Crippen molar-refractivity contribution in [2.45, 2.75) is 51.9 Å². The molecular formula is C20H27NO5. The summed E-state index contributed by atoms with van der Waals surface area (Å²) in [6.07, 6.45) is 0.115. The summed E-state index contributed by atoms with van der Waals surface area (Å²) < 4.78 is 11.6. The van der Waals surface area contributed by atoms with E-state index >= 15 is 0 Å². The summed E-state index contributed by atoms with van der Waals surface area (Å²) in [7, 11) is 0. The first kappa shape index (κ1) is 18.7. The Morgan fingerprint density at radius 3 is 2.42 bits per heavy atom. The van der Waals surface area contributed by atoms with Crippen LogP contribution >= 0.6 is 0 Å². The van der Waals surface area contributed by atoms with Gasteiger partial charge in [-0.25, -0.2) is 4.79 Å². The largest absolute Gasteiger partial charge is 0.481 e. The molecule has 6 heteroatoms. The van der Waals surface area contributed by atoms with Crippen molar-refractivity contribution in [3.05, 3.63) is 35.9 Å². The van der Waals surface area contributed by atoms with Crippen LogP contribution in [0.1, 0.15) is 39.7 Å². The smallest absolute Gasteiger partial charge is 0.410 e. The molecule has 0 saturated carbocycles. The average molecular weight is 361 g/mol. The Balaban J connectivity index is 1.77. The fraction of sp³-hybridized carbons (Fsp3) is 0.600. The molecule has 1 N–H and O–H groups in total. The second-order valence-electron chi connectivity index (χ2n) is 8.52. The van der Waals surface area contributed by atoms with Gasteiger partial charge >= 0.3 is 12.1 Å². The summed E-state index contributed by atoms with van der Waals surface area (Å²) in [6.45, 7) is 8.44. The van der Waals surface area contributed by atoms with Gasteiger partial charge < -0.3 is 19.5 Å². The van der Waals surface area contributed by atoms with Crippen molar-refractivity contribution < 1.29 is 24.2 Å². The van der Waals surface area contributed by atoms with Crippen LogP contribution in [0.2, 0.25) is 0 Å². The molecule has 0 aliphatic carbocycles. The van der Waals surface area contributed by atoms with E-state index in [-0.39, 0.29) is 13.2 Å². The second-order valence-corrected chi connectivity index (χ2v) is 8.52. The predicted octanol–water partition coefficient (Wildman–Crippen LogP) is 3.30. The van der Waals surface area contributed by atoms with Crippen molar-refractivity contribution in [1.82, 2.24) is 4.90 Å². The van der Waals surface area contributed by atoms with E-state index in [4.69, 9.17) is 9.47 Å². The van der Waals surface area contributed by atoms with Gasteiger partial charge in [0.2, 0.25) is 0 Å². The monoisotopic (exact) mass is 361 g/mol. The molecule has 6 nitrogen and oxygen atoms in total. The fourth-order valence-electron chi connectivity index (χ4n) is 4.76. The third-order valence-corrected chi connectivity index (χ3v) is 5.78. The summed E-state index contributed by atoms with van der Waals surface area (Å²) >= 11 is 0. The van der Waals surface area contributed by atoms with E-state index in [1.165, 1.54) is 4.90 Å². The Hall–Kier alpha value is -2.08. The SMILES string of the molecule is CC1(C)CC2(CN(C(=O)OCc3ccccc3)CC2C(=O)O)C(C)(C)O1. The first-order valence-electron chi connectivity index (χ1n) is 8.95. The highest BCUT2D eigenvalue weighted by atomic mass is 16.6. The van der Waals surface area contributed by atoms with Gasteiger partial charge in [-0.05, 0) is 39.7 Å². The van der Waals surface area contributed by atoms with E-state index in [9.17, 15) is 14.7 Å². The summed E-state index contributed by atoms with van der Waals surface area (Å²) in [5.74, 6) is -1.57. The van der Waals surface area contributed by atoms with Crippen molar-refractivity contribution in [3.8, 4) is 0 Å². The second kappa shape index (κ2) is 6.27. The molecule has 2 unspecified atom stereocenters. The van der Waals surface area contributed by atoms with E-state index in [1.807, 2.05) is 58.0 Å². The van der Waals surface area contributed by atoms with Crippen molar-refractivity contribution in [1.29, 1.82) is 0 Å². The Kier molecular flexibility index (Phi) is 4.51. The number of hydrogen-bond donors (Lipinski definition) is 1. The molecule has 0 radical (unpaired) electrons. The van der Waals surface area contributed by atoms with Crippen LogP contribution in [0, 0.1) is 11.3 Å². The summed E-state index contributed by atoms with van der Waals surface area (Å²) in [5, 5.41) is 9.81. The maximum absolute atomic E-state index is 12.6. The predicted molar refractivity (Wildman–Crippen MR) is 95.6 cm³/mol. The maximum Gasteiger partial charge on any atom is 0.410 e. The zero-order valence-corrected chi connectivity index (χ0v) is 15.8. The highest BCUT2D eigenvalue weighted by Gasteiger charge is 2.66. The first-order chi connectivity index (χ1) is 12.1. The van der Waals surface area contributed by atoms with Gasteiger partial charge in [0.25, 0.3) is 0 Å². The van der Waals surface area contributed by atoms with Gasteiger partial charge in [0, 0.05) is 18.5 Å². The molecule has 1 aromatic rings. The molecule has 1 amide bonds. The van der Waals surface area contributed by atoms with Crippen LogP contribution in [0.3, 0.4) is 0 Å². The van der Waals surface area contributed by atoms with Crippen molar-refractivity contribution in [2.24, 2.45) is 11.3 Å². The molecule has 1 aromatic carbocycles. The number of likely N-dealkylation sites (tertiary alicyclic amines) is 1. The number of carbonyl (C=O) groups is 2. The minimum atomic E-state index is -0.891. The topological polar surface area (TPSA) is 76.1 Å². The lowest BCUT2D eigenvalue weighted by Gasteiger charge is -2.38. The van der Waals surface area contributed by atoms with Crippen LogP contribution in [0.4, 0.5) is 4.79 Å². The van der Waals surface area contributed by atoms with Gasteiger partial charge in [0.15, 0.2) is 0 Å². The minimum Gasteiger partial charge on any atom is -0.481 e. The summed E-state index contributed by atoms with van der Waals surface area (Å²) in [6, 6.07) is 9.44. The van der Waals surface area contributed by atoms with E-state index in [0.29, 0.717) is 13.0 Å². The van der Waals surface area contributed by atoms with E-state index in [1.54, 1.807) is 0 Å². The molecule has 2 heterocycles. The van der Waals surface area contributed by atoms with Gasteiger partial charge in [-0.2, -0.15) is 0 Å². The van der Waals surface area contributed by atoms with Gasteiger partial charge in [0.1, 0.15) is 6.61 Å². The Morgan fingerprint density at radius 1 is 1.23 bits per heavy atom. The third kappa shape index (κ3) is 3.18. The fourth-order valence-corrected chi connectivity index (χ4v) is 4.76. The molecule has 2 atom stereocenters. The lowest BCUT2D eigenvalue weighted by atomic mass is 9.65. The maximum atomic E-state index is 12.6. The van der Waals surface area contributed by atoms with Crippen molar-refractivity contribution >= 4 is 12.1 Å². The van der Waals surface area contributed by atoms with Crippen LogP contribution in [0.5, 0.6) is 0 Å². The molecular weight excluding hydrogens is 334 g/mol. The number of amides is 1. The molecule has 142 valence electrons. The zero-order chi connectivity index (χ0) is 19.2. The van der Waals surface area contributed by atoms with Gasteiger partial charge in [-0.15, -0.1) is 0 Å². The lowest BCUT2D eigenvalue weighted by Crippen LogP contribution is -2.48. The van der Waals surface area contributed by atoms with Gasteiger partial charge in [0.05, 0.1) is 17.1 Å². The average Bonchev–Trinajstić information content (AvgIpc) is 3.01. The quantitative estimate of drug-likeness (QED) is 0.894. The Morgan fingerprint density at radius 2 is 1.88 bits per heavy atom. The Labute approximate surface area is 154 Å². The van der Waals surface area contributed by atoms with Crippen LogP contribution in [-0.4, -0.2) is 46.4 Å². The number of ether oxygens (including phenoxy) is 2. The molecule has 0 bridgehead atoms. The number of rotatable bonds is 3. The first-order valence-corrected chi connectivity index (χ1v) is 8.95. The van der Waals surface area contributed by atoms with Crippen LogP contribution in [0.15, 0.2) is 30.3 Å². The number of carbonyl (C=O) groups excluding carboxylic acids is 1. The molecule has 2 fully saturated rings. The molecule has 1 spiro atoms. The lowest BCUT2D eigenvalue weighted by molar-refractivity contribution is -0.151. The minimum absolute atomic E-state index is 0.145. The van der Waals surface area contributed by atoms with E-state index in [2.05, 4.69) is 0 Å². The normalized spacial score (nSPS) is 29.1. The third-order valence-electron chi connectivity index (χ3n) is 5.78. The molecule has 3 rings (SSSR count). The van der Waals surface area contributed by atoms with Crippen molar-refractivity contribution in [3.63, 3.8) is 0 Å². The van der Waals surface area contributed by atoms with E-state index in [0.717, 1.165) is 5.56 Å². The summed E-state index contributed by atoms with van der Waals surface area (Å²) in [4.78, 5) is 26.1. The molecule has 26 heavy (non-hydrogen) atoms. The number of hydrogen-bond acceptors (Lipinski definition) is 4. The van der Waals surface area contributed by atoms with Gasteiger partial charge in [-0.3, -0.25) is 4.79 Å². The number of aliphatic carboxylic acids is 1. The molecule has 0 aromatic heterocycles. The number of benzene rings is 1. The Bertz CT molecular complexity index is 699. The van der Waals surface area contributed by atoms with Crippen LogP contribution in [0.25, 0.3) is 0 Å². The highest BCUT2D eigenvalue weighted by Crippen LogP contribution is 2.58. The van der Waals surface area contributed by atoms with Crippen LogP contribution in [-0.2, 0) is 20.9 Å². The standard InChI is InChI=1S/C20H27NO5/c1-18(2)12-20(19(3,4)26-18)13-21(10-15(20)16(22)23)17(24)25-11-14-8-6-5-7-9-14/h5-9,15H,10-13H2,1-4H3,(H,22,23). The molecule has 2 aliphatic heterocycles. The van der Waals surface area contributed by atoms with Crippen LogP contribution < -0.4 is 0 Å².